The van der Waals surface area contributed by atoms with Gasteiger partial charge in [0.2, 0.25) is 5.91 Å². The molecule has 0 fully saturated rings. The van der Waals surface area contributed by atoms with Crippen LogP contribution in [-0.4, -0.2) is 25.5 Å². The predicted octanol–water partition coefficient (Wildman–Crippen LogP) is 1.72. The highest BCUT2D eigenvalue weighted by Gasteiger charge is 2.07. The van der Waals surface area contributed by atoms with Gasteiger partial charge in [-0.3, -0.25) is 14.2 Å². The van der Waals surface area contributed by atoms with Gasteiger partial charge < -0.3 is 5.32 Å². The molecule has 2 aromatic heterocycles. The number of hydrogen-bond acceptors (Lipinski definition) is 3. The molecule has 96 valence electrons. The molecule has 0 bridgehead atoms. The Labute approximate surface area is 113 Å². The van der Waals surface area contributed by atoms with Gasteiger partial charge in [0.05, 0.1) is 17.2 Å². The van der Waals surface area contributed by atoms with E-state index < -0.39 is 0 Å². The third-order valence-electron chi connectivity index (χ3n) is 2.58. The van der Waals surface area contributed by atoms with Gasteiger partial charge in [-0.1, -0.05) is 0 Å². The number of rotatable bonds is 4. The molecule has 2 rings (SSSR count). The van der Waals surface area contributed by atoms with Gasteiger partial charge >= 0.3 is 0 Å². The van der Waals surface area contributed by atoms with E-state index in [9.17, 15) is 4.79 Å². The Bertz CT molecular complexity index is 560. The summed E-state index contributed by atoms with van der Waals surface area (Å²) in [6.45, 7) is 2.50. The van der Waals surface area contributed by atoms with Gasteiger partial charge in [0.25, 0.3) is 0 Å². The first-order valence-corrected chi connectivity index (χ1v) is 6.33. The topological polar surface area (TPSA) is 64.7 Å². The van der Waals surface area contributed by atoms with E-state index in [2.05, 4.69) is 31.4 Å². The molecule has 7 heteroatoms. The normalized spacial score (nSPS) is 10.6. The van der Waals surface area contributed by atoms with Crippen LogP contribution in [0.25, 0.3) is 0 Å². The van der Waals surface area contributed by atoms with Gasteiger partial charge in [-0.2, -0.15) is 10.2 Å². The summed E-state index contributed by atoms with van der Waals surface area (Å²) in [5, 5.41) is 11.0. The van der Waals surface area contributed by atoms with E-state index >= 15 is 0 Å². The minimum Gasteiger partial charge on any atom is -0.309 e. The first-order valence-electron chi connectivity index (χ1n) is 5.53. The summed E-state index contributed by atoms with van der Waals surface area (Å²) in [7, 11) is 1.81. The van der Waals surface area contributed by atoms with Crippen LogP contribution in [-0.2, 0) is 18.4 Å². The zero-order chi connectivity index (χ0) is 13.1. The molecule has 18 heavy (non-hydrogen) atoms. The van der Waals surface area contributed by atoms with E-state index in [1.165, 1.54) is 0 Å². The number of hydrogen-bond donors (Lipinski definition) is 1. The molecule has 0 saturated heterocycles. The molecule has 0 atom stereocenters. The van der Waals surface area contributed by atoms with Crippen molar-refractivity contribution in [2.75, 3.05) is 5.32 Å². The number of carbonyl (C=O) groups excluding carboxylic acids is 1. The molecule has 0 aliphatic heterocycles. The van der Waals surface area contributed by atoms with Crippen molar-refractivity contribution in [3.05, 3.63) is 28.6 Å². The molecule has 1 N–H and O–H groups in total. The Kier molecular flexibility index (Phi) is 3.81. The van der Waals surface area contributed by atoms with Gasteiger partial charge in [-0.25, -0.2) is 0 Å². The Morgan fingerprint density at radius 3 is 2.89 bits per heavy atom. The second-order valence-electron chi connectivity index (χ2n) is 3.97. The van der Waals surface area contributed by atoms with E-state index in [0.717, 1.165) is 10.2 Å². The van der Waals surface area contributed by atoms with Crippen molar-refractivity contribution in [3.63, 3.8) is 0 Å². The fourth-order valence-corrected chi connectivity index (χ4v) is 1.84. The summed E-state index contributed by atoms with van der Waals surface area (Å²) < 4.78 is 4.39. The lowest BCUT2D eigenvalue weighted by Crippen LogP contribution is -2.16. The van der Waals surface area contributed by atoms with Crippen LogP contribution in [0.1, 0.15) is 12.1 Å². The van der Waals surface area contributed by atoms with E-state index in [4.69, 9.17) is 0 Å². The van der Waals surface area contributed by atoms with Gasteiger partial charge in [0.15, 0.2) is 5.82 Å². The lowest BCUT2D eigenvalue weighted by Gasteiger charge is -2.04. The van der Waals surface area contributed by atoms with Crippen molar-refractivity contribution in [2.45, 2.75) is 19.9 Å². The lowest BCUT2D eigenvalue weighted by molar-refractivity contribution is -0.116. The lowest BCUT2D eigenvalue weighted by atomic mass is 10.4. The van der Waals surface area contributed by atoms with Crippen molar-refractivity contribution >= 4 is 27.7 Å². The number of anilines is 1. The van der Waals surface area contributed by atoms with Crippen molar-refractivity contribution in [1.29, 1.82) is 0 Å². The number of amides is 1. The second-order valence-corrected chi connectivity index (χ2v) is 4.83. The van der Waals surface area contributed by atoms with Gasteiger partial charge in [-0.05, 0) is 22.9 Å². The fourth-order valence-electron chi connectivity index (χ4n) is 1.54. The maximum absolute atomic E-state index is 11.7. The molecule has 6 nitrogen and oxygen atoms in total. The van der Waals surface area contributed by atoms with Crippen LogP contribution in [0.3, 0.4) is 0 Å². The second kappa shape index (κ2) is 5.34. The first kappa shape index (κ1) is 12.8. The summed E-state index contributed by atoms with van der Waals surface area (Å²) in [5.74, 6) is 0.501. The highest BCUT2D eigenvalue weighted by Crippen LogP contribution is 2.14. The quantitative estimate of drug-likeness (QED) is 0.935. The SMILES string of the molecule is Cc1c(Br)cnn1CCC(=O)Nc1ccn(C)n1. The number of nitrogens with one attached hydrogen (secondary N) is 1. The summed E-state index contributed by atoms with van der Waals surface area (Å²) in [5.41, 5.74) is 1.01. The number of halogens is 1. The molecule has 0 aliphatic rings. The minimum atomic E-state index is -0.0697. The monoisotopic (exact) mass is 311 g/mol. The van der Waals surface area contributed by atoms with Crippen molar-refractivity contribution in [3.8, 4) is 0 Å². The van der Waals surface area contributed by atoms with E-state index in [1.807, 2.05) is 6.92 Å². The van der Waals surface area contributed by atoms with Crippen LogP contribution in [0.5, 0.6) is 0 Å². The summed E-state index contributed by atoms with van der Waals surface area (Å²) in [6.07, 6.45) is 3.88. The van der Waals surface area contributed by atoms with E-state index in [0.29, 0.717) is 18.8 Å². The van der Waals surface area contributed by atoms with E-state index in [1.54, 1.807) is 34.9 Å². The zero-order valence-electron chi connectivity index (χ0n) is 10.2. The van der Waals surface area contributed by atoms with Crippen LogP contribution in [0.15, 0.2) is 22.9 Å². The average molecular weight is 312 g/mol. The molecule has 0 spiro atoms. The molecule has 0 aliphatic carbocycles. The molecule has 0 aromatic carbocycles. The fraction of sp³-hybridized carbons (Fsp3) is 0.364. The molecule has 1 amide bonds. The zero-order valence-corrected chi connectivity index (χ0v) is 11.8. The van der Waals surface area contributed by atoms with Crippen LogP contribution in [0.2, 0.25) is 0 Å². The smallest absolute Gasteiger partial charge is 0.227 e. The molecule has 0 radical (unpaired) electrons. The van der Waals surface area contributed by atoms with Crippen LogP contribution in [0.4, 0.5) is 5.82 Å². The number of aryl methyl sites for hydroxylation is 2. The van der Waals surface area contributed by atoms with Crippen molar-refractivity contribution in [2.24, 2.45) is 7.05 Å². The largest absolute Gasteiger partial charge is 0.309 e. The van der Waals surface area contributed by atoms with E-state index in [-0.39, 0.29) is 5.91 Å². The number of carbonyl (C=O) groups is 1. The van der Waals surface area contributed by atoms with Gasteiger partial charge in [-0.15, -0.1) is 0 Å². The predicted molar refractivity (Wildman–Crippen MR) is 71.1 cm³/mol. The Morgan fingerprint density at radius 1 is 1.56 bits per heavy atom. The first-order chi connectivity index (χ1) is 8.56. The van der Waals surface area contributed by atoms with Crippen molar-refractivity contribution in [1.82, 2.24) is 19.6 Å². The van der Waals surface area contributed by atoms with Gasteiger partial charge in [0, 0.05) is 31.4 Å². The molecule has 0 saturated carbocycles. The Morgan fingerprint density at radius 2 is 2.33 bits per heavy atom. The molecule has 0 unspecified atom stereocenters. The molecular formula is C11H14BrN5O. The third-order valence-corrected chi connectivity index (χ3v) is 3.35. The molecule has 2 heterocycles. The summed E-state index contributed by atoms with van der Waals surface area (Å²) in [6, 6.07) is 1.76. The maximum Gasteiger partial charge on any atom is 0.227 e. The number of nitrogens with zero attached hydrogens (tertiary/aromatic N) is 4. The molecular weight excluding hydrogens is 298 g/mol. The minimum absolute atomic E-state index is 0.0697. The summed E-state index contributed by atoms with van der Waals surface area (Å²) in [4.78, 5) is 11.7. The van der Waals surface area contributed by atoms with Crippen LogP contribution in [0, 0.1) is 6.92 Å². The van der Waals surface area contributed by atoms with Crippen LogP contribution < -0.4 is 5.32 Å². The summed E-state index contributed by atoms with van der Waals surface area (Å²) >= 11 is 3.38. The third kappa shape index (κ3) is 2.98. The molecule has 2 aromatic rings. The maximum atomic E-state index is 11.7. The average Bonchev–Trinajstić information content (AvgIpc) is 2.86. The van der Waals surface area contributed by atoms with Gasteiger partial charge in [0.1, 0.15) is 0 Å². The number of aromatic nitrogens is 4. The van der Waals surface area contributed by atoms with Crippen LogP contribution >= 0.6 is 15.9 Å². The van der Waals surface area contributed by atoms with Crippen molar-refractivity contribution < 1.29 is 4.79 Å². The highest BCUT2D eigenvalue weighted by molar-refractivity contribution is 9.10. The Balaban J connectivity index is 1.87. The standard InChI is InChI=1S/C11H14BrN5O/c1-8-9(12)7-13-17(8)6-4-11(18)14-10-3-5-16(2)15-10/h3,5,7H,4,6H2,1-2H3,(H,14,15,18). The highest BCUT2D eigenvalue weighted by atomic mass is 79.9. The Hall–Kier alpha value is -1.63.